The summed E-state index contributed by atoms with van der Waals surface area (Å²) in [7, 11) is 0. The Morgan fingerprint density at radius 2 is 2.00 bits per heavy atom. The lowest BCUT2D eigenvalue weighted by molar-refractivity contribution is 0.0692. The van der Waals surface area contributed by atoms with Gasteiger partial charge in [0.25, 0.3) is 0 Å². The Hall–Kier alpha value is -2.08. The second-order valence-electron chi connectivity index (χ2n) is 4.31. The summed E-state index contributed by atoms with van der Waals surface area (Å²) < 4.78 is 14.6. The van der Waals surface area contributed by atoms with Crippen molar-refractivity contribution < 1.29 is 14.3 Å². The molecule has 0 aliphatic carbocycles. The topological polar surface area (TPSA) is 75.3 Å². The van der Waals surface area contributed by atoms with Gasteiger partial charge in [0.1, 0.15) is 5.82 Å². The molecule has 2 aromatic carbocycles. The molecule has 0 amide bonds. The fourth-order valence-electron chi connectivity index (χ4n) is 1.77. The van der Waals surface area contributed by atoms with Crippen LogP contribution in [0.3, 0.4) is 0 Å². The van der Waals surface area contributed by atoms with E-state index < -0.39 is 17.3 Å². The van der Waals surface area contributed by atoms with Crippen LogP contribution in [0.2, 0.25) is 0 Å². The summed E-state index contributed by atoms with van der Waals surface area (Å²) in [6.07, 6.45) is 0. The van der Waals surface area contributed by atoms with E-state index in [4.69, 9.17) is 10.8 Å². The summed E-state index contributed by atoms with van der Waals surface area (Å²) in [6.45, 7) is 1.89. The minimum atomic E-state index is -1.35. The van der Waals surface area contributed by atoms with Crippen LogP contribution in [0.4, 0.5) is 21.5 Å². The smallest absolute Gasteiger partial charge is 0.338 e. The molecule has 0 heterocycles. The number of halogens is 2. The molecule has 0 aromatic heterocycles. The zero-order chi connectivity index (χ0) is 14.9. The van der Waals surface area contributed by atoms with E-state index in [1.54, 1.807) is 0 Å². The zero-order valence-corrected chi connectivity index (χ0v) is 12.2. The monoisotopic (exact) mass is 338 g/mol. The number of carboxylic acid groups (broad SMARTS) is 1. The fourth-order valence-corrected chi connectivity index (χ4v) is 2.25. The highest BCUT2D eigenvalue weighted by Gasteiger charge is 2.14. The van der Waals surface area contributed by atoms with Gasteiger partial charge in [-0.15, -0.1) is 0 Å². The number of nitrogens with two attached hydrogens (primary N) is 1. The molecule has 0 saturated carbocycles. The van der Waals surface area contributed by atoms with Gasteiger partial charge in [-0.25, -0.2) is 9.18 Å². The third-order valence-electron chi connectivity index (χ3n) is 2.83. The molecule has 4 nitrogen and oxygen atoms in total. The maximum absolute atomic E-state index is 13.7. The van der Waals surface area contributed by atoms with Gasteiger partial charge in [-0.2, -0.15) is 0 Å². The summed E-state index contributed by atoms with van der Waals surface area (Å²) in [5.74, 6) is -2.18. The van der Waals surface area contributed by atoms with Crippen molar-refractivity contribution in [3.05, 3.63) is 51.7 Å². The zero-order valence-electron chi connectivity index (χ0n) is 10.6. The highest BCUT2D eigenvalue weighted by Crippen LogP contribution is 2.29. The van der Waals surface area contributed by atoms with Crippen LogP contribution in [0.25, 0.3) is 0 Å². The minimum Gasteiger partial charge on any atom is -0.478 e. The number of rotatable bonds is 3. The van der Waals surface area contributed by atoms with Crippen molar-refractivity contribution in [2.75, 3.05) is 11.1 Å². The number of carbonyl (C=O) groups is 1. The first-order valence-corrected chi connectivity index (χ1v) is 6.53. The highest BCUT2D eigenvalue weighted by atomic mass is 79.9. The average Bonchev–Trinajstić information content (AvgIpc) is 2.36. The van der Waals surface area contributed by atoms with Gasteiger partial charge < -0.3 is 16.2 Å². The average molecular weight is 339 g/mol. The van der Waals surface area contributed by atoms with Crippen LogP contribution in [-0.4, -0.2) is 11.1 Å². The number of nitrogens with one attached hydrogen (secondary N) is 1. The second kappa shape index (κ2) is 5.50. The summed E-state index contributed by atoms with van der Waals surface area (Å²) in [5.41, 5.74) is 7.53. The van der Waals surface area contributed by atoms with Gasteiger partial charge in [0, 0.05) is 16.2 Å². The third kappa shape index (κ3) is 2.91. The molecule has 2 rings (SSSR count). The molecular weight excluding hydrogens is 327 g/mol. The Balaban J connectivity index is 2.39. The van der Waals surface area contributed by atoms with Crippen molar-refractivity contribution in [3.63, 3.8) is 0 Å². The Labute approximate surface area is 123 Å². The molecule has 0 radical (unpaired) electrons. The fraction of sp³-hybridized carbons (Fsp3) is 0.0714. The van der Waals surface area contributed by atoms with Crippen LogP contribution >= 0.6 is 15.9 Å². The molecule has 20 heavy (non-hydrogen) atoms. The molecule has 0 bridgehead atoms. The molecule has 0 spiro atoms. The van der Waals surface area contributed by atoms with Crippen molar-refractivity contribution in [1.82, 2.24) is 0 Å². The van der Waals surface area contributed by atoms with E-state index in [2.05, 4.69) is 21.2 Å². The first-order valence-electron chi connectivity index (χ1n) is 5.74. The summed E-state index contributed by atoms with van der Waals surface area (Å²) in [4.78, 5) is 10.8. The number of aryl methyl sites for hydroxylation is 1. The largest absolute Gasteiger partial charge is 0.478 e. The van der Waals surface area contributed by atoms with Crippen molar-refractivity contribution in [1.29, 1.82) is 0 Å². The number of hydrogen-bond acceptors (Lipinski definition) is 3. The second-order valence-corrected chi connectivity index (χ2v) is 5.22. The van der Waals surface area contributed by atoms with Gasteiger partial charge in [0.15, 0.2) is 0 Å². The molecule has 0 saturated heterocycles. The van der Waals surface area contributed by atoms with Crippen LogP contribution in [0.1, 0.15) is 15.9 Å². The molecule has 2 aromatic rings. The van der Waals surface area contributed by atoms with Crippen molar-refractivity contribution in [2.45, 2.75) is 6.92 Å². The molecule has 104 valence electrons. The van der Waals surface area contributed by atoms with Crippen LogP contribution in [-0.2, 0) is 0 Å². The van der Waals surface area contributed by atoms with Crippen molar-refractivity contribution in [2.24, 2.45) is 0 Å². The predicted octanol–water partition coefficient (Wildman–Crippen LogP) is 3.92. The van der Waals surface area contributed by atoms with E-state index in [1.165, 1.54) is 0 Å². The molecule has 6 heteroatoms. The Morgan fingerprint density at radius 3 is 2.60 bits per heavy atom. The highest BCUT2D eigenvalue weighted by molar-refractivity contribution is 9.10. The van der Waals surface area contributed by atoms with Crippen LogP contribution in [0.5, 0.6) is 0 Å². The summed E-state index contributed by atoms with van der Waals surface area (Å²) in [6, 6.07) is 7.75. The van der Waals surface area contributed by atoms with Crippen molar-refractivity contribution >= 4 is 39.0 Å². The van der Waals surface area contributed by atoms with E-state index in [9.17, 15) is 9.18 Å². The van der Waals surface area contributed by atoms with E-state index in [1.807, 2.05) is 25.1 Å². The maximum atomic E-state index is 13.7. The standard InChI is InChI=1S/C14H12BrFN2O2/c1-7-4-8(15)2-3-12(7)18-13-6-10(16)9(14(19)20)5-11(13)17/h2-6,18H,17H2,1H3,(H,19,20). The summed E-state index contributed by atoms with van der Waals surface area (Å²) >= 11 is 3.36. The van der Waals surface area contributed by atoms with Gasteiger partial charge in [-0.1, -0.05) is 15.9 Å². The van der Waals surface area contributed by atoms with Gasteiger partial charge in [-0.3, -0.25) is 0 Å². The lowest BCUT2D eigenvalue weighted by atomic mass is 10.1. The van der Waals surface area contributed by atoms with E-state index in [0.717, 1.165) is 27.9 Å². The molecule has 0 aliphatic heterocycles. The summed E-state index contributed by atoms with van der Waals surface area (Å²) in [5, 5.41) is 11.8. The number of nitrogen functional groups attached to an aromatic ring is 1. The lowest BCUT2D eigenvalue weighted by Gasteiger charge is -2.13. The van der Waals surface area contributed by atoms with Gasteiger partial charge in [0.05, 0.1) is 16.9 Å². The molecule has 0 fully saturated rings. The minimum absolute atomic E-state index is 0.172. The van der Waals surface area contributed by atoms with Crippen LogP contribution in [0, 0.1) is 12.7 Å². The number of benzene rings is 2. The van der Waals surface area contributed by atoms with Gasteiger partial charge >= 0.3 is 5.97 Å². The Bertz CT molecular complexity index is 689. The van der Waals surface area contributed by atoms with Crippen molar-refractivity contribution in [3.8, 4) is 0 Å². The third-order valence-corrected chi connectivity index (χ3v) is 3.32. The number of carboxylic acids is 1. The molecule has 0 unspecified atom stereocenters. The SMILES string of the molecule is Cc1cc(Br)ccc1Nc1cc(F)c(C(=O)O)cc1N. The number of anilines is 3. The lowest BCUT2D eigenvalue weighted by Crippen LogP contribution is -2.05. The molecule has 0 aliphatic rings. The van der Waals surface area contributed by atoms with E-state index in [-0.39, 0.29) is 5.69 Å². The normalized spacial score (nSPS) is 10.3. The molecule has 0 atom stereocenters. The first kappa shape index (κ1) is 14.3. The number of aromatic carboxylic acids is 1. The number of hydrogen-bond donors (Lipinski definition) is 3. The van der Waals surface area contributed by atoms with Gasteiger partial charge in [-0.05, 0) is 36.8 Å². The first-order chi connectivity index (χ1) is 9.38. The molecular formula is C14H12BrFN2O2. The maximum Gasteiger partial charge on any atom is 0.338 e. The Morgan fingerprint density at radius 1 is 1.30 bits per heavy atom. The van der Waals surface area contributed by atoms with Crippen LogP contribution < -0.4 is 11.1 Å². The van der Waals surface area contributed by atoms with E-state index >= 15 is 0 Å². The van der Waals surface area contributed by atoms with Gasteiger partial charge in [0.2, 0.25) is 0 Å². The van der Waals surface area contributed by atoms with Crippen LogP contribution in [0.15, 0.2) is 34.8 Å². The Kier molecular flexibility index (Phi) is 3.94. The molecule has 4 N–H and O–H groups in total. The van der Waals surface area contributed by atoms with E-state index in [0.29, 0.717) is 5.69 Å². The predicted molar refractivity (Wildman–Crippen MR) is 79.9 cm³/mol. The quantitative estimate of drug-likeness (QED) is 0.741.